The quantitative estimate of drug-likeness (QED) is 0.571. The number of piperidine rings is 1. The zero-order valence-electron chi connectivity index (χ0n) is 15.5. The van der Waals surface area contributed by atoms with Crippen LogP contribution in [0.4, 0.5) is 5.69 Å². The summed E-state index contributed by atoms with van der Waals surface area (Å²) in [5.41, 5.74) is 2.05. The molecular weight excluding hydrogens is 344 g/mol. The third kappa shape index (κ3) is 4.92. The molecule has 1 aliphatic rings. The van der Waals surface area contributed by atoms with E-state index in [1.165, 1.54) is 6.07 Å². The Morgan fingerprint density at radius 1 is 1.26 bits per heavy atom. The number of hydrogen-bond donors (Lipinski definition) is 0. The topological polar surface area (TPSA) is 72.7 Å². The summed E-state index contributed by atoms with van der Waals surface area (Å²) in [6.45, 7) is 4.14. The lowest BCUT2D eigenvalue weighted by Gasteiger charge is -2.32. The van der Waals surface area contributed by atoms with Gasteiger partial charge in [-0.05, 0) is 37.3 Å². The van der Waals surface area contributed by atoms with Gasteiger partial charge in [-0.1, -0.05) is 36.4 Å². The van der Waals surface area contributed by atoms with Crippen molar-refractivity contribution in [2.24, 2.45) is 5.92 Å². The Bertz CT molecular complexity index is 807. The van der Waals surface area contributed by atoms with E-state index >= 15 is 0 Å². The highest BCUT2D eigenvalue weighted by Crippen LogP contribution is 2.23. The molecule has 2 aromatic rings. The molecule has 1 fully saturated rings. The fraction of sp³-hybridized carbons (Fsp3) is 0.381. The molecule has 0 saturated carbocycles. The van der Waals surface area contributed by atoms with E-state index in [9.17, 15) is 14.9 Å². The van der Waals surface area contributed by atoms with Crippen molar-refractivity contribution in [1.29, 1.82) is 0 Å². The second kappa shape index (κ2) is 8.77. The van der Waals surface area contributed by atoms with Crippen LogP contribution in [0.3, 0.4) is 0 Å². The van der Waals surface area contributed by atoms with Gasteiger partial charge < -0.3 is 9.64 Å². The van der Waals surface area contributed by atoms with Crippen LogP contribution in [0.5, 0.6) is 0 Å². The maximum atomic E-state index is 12.8. The maximum absolute atomic E-state index is 12.8. The Morgan fingerprint density at radius 2 is 2.04 bits per heavy atom. The Labute approximate surface area is 158 Å². The number of carbonyl (C=O) groups excluding carboxylic acids is 1. The van der Waals surface area contributed by atoms with E-state index in [0.717, 1.165) is 18.4 Å². The van der Waals surface area contributed by atoms with Crippen LogP contribution in [0.15, 0.2) is 48.5 Å². The molecule has 1 amide bonds. The van der Waals surface area contributed by atoms with E-state index in [4.69, 9.17) is 4.74 Å². The van der Waals surface area contributed by atoms with E-state index in [2.05, 4.69) is 0 Å². The number of ether oxygens (including phenoxy) is 1. The van der Waals surface area contributed by atoms with E-state index in [-0.39, 0.29) is 17.5 Å². The van der Waals surface area contributed by atoms with Gasteiger partial charge in [0, 0.05) is 30.3 Å². The van der Waals surface area contributed by atoms with Crippen molar-refractivity contribution in [3.8, 4) is 0 Å². The first-order valence-corrected chi connectivity index (χ1v) is 9.20. The normalized spacial score (nSPS) is 16.9. The standard InChI is InChI=1S/C21H24N2O4/c1-16-9-10-19(12-20(16)23(25)26)21(24)22-11-5-8-18(13-22)15-27-14-17-6-3-2-4-7-17/h2-4,6-7,9-10,12,18H,5,8,11,13-15H2,1H3. The summed E-state index contributed by atoms with van der Waals surface area (Å²) in [5, 5.41) is 11.1. The number of nitrogens with zero attached hydrogens (tertiary/aromatic N) is 2. The number of likely N-dealkylation sites (tertiary alicyclic amines) is 1. The van der Waals surface area contributed by atoms with Crippen LogP contribution in [-0.4, -0.2) is 35.4 Å². The van der Waals surface area contributed by atoms with Crippen LogP contribution in [0.2, 0.25) is 0 Å². The van der Waals surface area contributed by atoms with Gasteiger partial charge in [0.1, 0.15) is 0 Å². The molecule has 1 unspecified atom stereocenters. The molecule has 0 aromatic heterocycles. The van der Waals surface area contributed by atoms with Crippen LogP contribution in [-0.2, 0) is 11.3 Å². The third-order valence-corrected chi connectivity index (χ3v) is 4.92. The zero-order valence-corrected chi connectivity index (χ0v) is 15.5. The molecule has 27 heavy (non-hydrogen) atoms. The van der Waals surface area contributed by atoms with Gasteiger partial charge in [-0.15, -0.1) is 0 Å². The number of aryl methyl sites for hydroxylation is 1. The van der Waals surface area contributed by atoms with Crippen LogP contribution < -0.4 is 0 Å². The summed E-state index contributed by atoms with van der Waals surface area (Å²) in [6.07, 6.45) is 1.94. The number of carbonyl (C=O) groups is 1. The molecule has 3 rings (SSSR count). The molecule has 1 atom stereocenters. The molecule has 0 radical (unpaired) electrons. The van der Waals surface area contributed by atoms with Gasteiger partial charge in [0.05, 0.1) is 18.1 Å². The van der Waals surface area contributed by atoms with Crippen LogP contribution in [0, 0.1) is 23.0 Å². The average Bonchev–Trinajstić information content (AvgIpc) is 2.69. The first-order valence-electron chi connectivity index (χ1n) is 9.20. The third-order valence-electron chi connectivity index (χ3n) is 4.92. The van der Waals surface area contributed by atoms with Crippen molar-refractivity contribution in [3.05, 3.63) is 75.3 Å². The van der Waals surface area contributed by atoms with Crippen molar-refractivity contribution in [2.45, 2.75) is 26.4 Å². The zero-order chi connectivity index (χ0) is 19.2. The molecule has 0 spiro atoms. The number of nitro groups is 1. The molecule has 0 bridgehead atoms. The predicted molar refractivity (Wildman–Crippen MR) is 103 cm³/mol. The molecule has 6 nitrogen and oxygen atoms in total. The summed E-state index contributed by atoms with van der Waals surface area (Å²) in [5.74, 6) is 0.137. The molecule has 1 heterocycles. The lowest BCUT2D eigenvalue weighted by Crippen LogP contribution is -2.41. The van der Waals surface area contributed by atoms with Gasteiger partial charge in [0.15, 0.2) is 0 Å². The highest BCUT2D eigenvalue weighted by atomic mass is 16.6. The van der Waals surface area contributed by atoms with Gasteiger partial charge in [-0.3, -0.25) is 14.9 Å². The highest BCUT2D eigenvalue weighted by Gasteiger charge is 2.26. The number of benzene rings is 2. The first kappa shape index (κ1) is 19.0. The lowest BCUT2D eigenvalue weighted by atomic mass is 9.98. The first-order chi connectivity index (χ1) is 13.0. The highest BCUT2D eigenvalue weighted by molar-refractivity contribution is 5.95. The van der Waals surface area contributed by atoms with E-state index in [1.807, 2.05) is 30.3 Å². The average molecular weight is 368 g/mol. The Balaban J connectivity index is 1.58. The smallest absolute Gasteiger partial charge is 0.273 e. The molecule has 2 aromatic carbocycles. The number of amides is 1. The summed E-state index contributed by atoms with van der Waals surface area (Å²) in [6, 6.07) is 14.7. The van der Waals surface area contributed by atoms with E-state index in [1.54, 1.807) is 24.0 Å². The van der Waals surface area contributed by atoms with Gasteiger partial charge in [-0.25, -0.2) is 0 Å². The van der Waals surface area contributed by atoms with Gasteiger partial charge in [0.25, 0.3) is 11.6 Å². The van der Waals surface area contributed by atoms with Gasteiger partial charge >= 0.3 is 0 Å². The minimum Gasteiger partial charge on any atom is -0.376 e. The minimum absolute atomic E-state index is 0.0133. The minimum atomic E-state index is -0.442. The monoisotopic (exact) mass is 368 g/mol. The summed E-state index contributed by atoms with van der Waals surface area (Å²) in [4.78, 5) is 25.3. The summed E-state index contributed by atoms with van der Waals surface area (Å²) < 4.78 is 5.83. The Morgan fingerprint density at radius 3 is 2.78 bits per heavy atom. The SMILES string of the molecule is Cc1ccc(C(=O)N2CCCC(COCc3ccccc3)C2)cc1[N+](=O)[O-]. The van der Waals surface area contributed by atoms with Crippen molar-refractivity contribution in [2.75, 3.05) is 19.7 Å². The number of hydrogen-bond acceptors (Lipinski definition) is 4. The van der Waals surface area contributed by atoms with Crippen LogP contribution in [0.1, 0.15) is 34.3 Å². The van der Waals surface area contributed by atoms with Gasteiger partial charge in [-0.2, -0.15) is 0 Å². The van der Waals surface area contributed by atoms with Crippen LogP contribution in [0.25, 0.3) is 0 Å². The Kier molecular flexibility index (Phi) is 6.19. The van der Waals surface area contributed by atoms with E-state index in [0.29, 0.717) is 37.4 Å². The van der Waals surface area contributed by atoms with Crippen molar-refractivity contribution >= 4 is 11.6 Å². The lowest BCUT2D eigenvalue weighted by molar-refractivity contribution is -0.385. The molecule has 142 valence electrons. The van der Waals surface area contributed by atoms with Crippen molar-refractivity contribution < 1.29 is 14.5 Å². The molecule has 0 aliphatic carbocycles. The van der Waals surface area contributed by atoms with E-state index < -0.39 is 4.92 Å². The second-order valence-corrected chi connectivity index (χ2v) is 7.02. The van der Waals surface area contributed by atoms with Crippen molar-refractivity contribution in [3.63, 3.8) is 0 Å². The molecular formula is C21H24N2O4. The summed E-state index contributed by atoms with van der Waals surface area (Å²) in [7, 11) is 0. The second-order valence-electron chi connectivity index (χ2n) is 7.02. The Hall–Kier alpha value is -2.73. The fourth-order valence-electron chi connectivity index (χ4n) is 3.42. The largest absolute Gasteiger partial charge is 0.376 e. The number of rotatable bonds is 6. The number of nitro benzene ring substituents is 1. The van der Waals surface area contributed by atoms with Gasteiger partial charge in [0.2, 0.25) is 0 Å². The predicted octanol–water partition coefficient (Wildman–Crippen LogP) is 3.97. The van der Waals surface area contributed by atoms with Crippen LogP contribution >= 0.6 is 0 Å². The molecule has 0 N–H and O–H groups in total. The molecule has 1 aliphatic heterocycles. The summed E-state index contributed by atoms with van der Waals surface area (Å²) >= 11 is 0. The van der Waals surface area contributed by atoms with Crippen molar-refractivity contribution in [1.82, 2.24) is 4.90 Å². The maximum Gasteiger partial charge on any atom is 0.273 e. The molecule has 1 saturated heterocycles. The fourth-order valence-corrected chi connectivity index (χ4v) is 3.42. The molecule has 6 heteroatoms.